The Morgan fingerprint density at radius 1 is 1.04 bits per heavy atom. The summed E-state index contributed by atoms with van der Waals surface area (Å²) in [7, 11) is 3.14. The normalized spacial score (nSPS) is 16.4. The van der Waals surface area contributed by atoms with Gasteiger partial charge in [-0.2, -0.15) is 0 Å². The molecule has 2 aromatic carbocycles. The van der Waals surface area contributed by atoms with Crippen LogP contribution in [0.3, 0.4) is 0 Å². The van der Waals surface area contributed by atoms with Crippen molar-refractivity contribution in [1.82, 2.24) is 5.32 Å². The van der Waals surface area contributed by atoms with E-state index in [2.05, 4.69) is 5.32 Å². The van der Waals surface area contributed by atoms with Crippen molar-refractivity contribution in [3.63, 3.8) is 0 Å². The van der Waals surface area contributed by atoms with Crippen LogP contribution in [-0.2, 0) is 12.8 Å². The van der Waals surface area contributed by atoms with Gasteiger partial charge in [0, 0.05) is 11.6 Å². The summed E-state index contributed by atoms with van der Waals surface area (Å²) in [5.41, 5.74) is 1.91. The molecule has 1 aliphatic heterocycles. The zero-order valence-electron chi connectivity index (χ0n) is 14.2. The van der Waals surface area contributed by atoms with E-state index in [0.717, 1.165) is 36.2 Å². The predicted molar refractivity (Wildman–Crippen MR) is 88.6 cm³/mol. The van der Waals surface area contributed by atoms with Crippen molar-refractivity contribution >= 4 is 0 Å². The number of rotatable bonds is 5. The lowest BCUT2D eigenvalue weighted by Crippen LogP contribution is -2.30. The highest BCUT2D eigenvalue weighted by atomic mass is 19.2. The molecule has 0 saturated heterocycles. The second-order valence-electron chi connectivity index (χ2n) is 6.02. The summed E-state index contributed by atoms with van der Waals surface area (Å²) in [4.78, 5) is 0. The van der Waals surface area contributed by atoms with Crippen LogP contribution in [-0.4, -0.2) is 20.8 Å². The number of halogens is 3. The summed E-state index contributed by atoms with van der Waals surface area (Å²) in [6, 6.07) is 5.50. The van der Waals surface area contributed by atoms with Gasteiger partial charge in [0.05, 0.1) is 14.2 Å². The van der Waals surface area contributed by atoms with E-state index in [1.807, 2.05) is 12.1 Å². The van der Waals surface area contributed by atoms with Gasteiger partial charge >= 0.3 is 0 Å². The molecule has 0 amide bonds. The number of benzene rings is 2. The number of hydrogen-bond donors (Lipinski definition) is 1. The Morgan fingerprint density at radius 2 is 1.72 bits per heavy atom. The lowest BCUT2D eigenvalue weighted by molar-refractivity contribution is 0.351. The predicted octanol–water partition coefficient (Wildman–Crippen LogP) is 3.94. The largest absolute Gasteiger partial charge is 0.493 e. The fraction of sp³-hybridized carbons (Fsp3) is 0.368. The van der Waals surface area contributed by atoms with Crippen molar-refractivity contribution in [2.45, 2.75) is 25.3 Å². The van der Waals surface area contributed by atoms with Crippen molar-refractivity contribution in [3.05, 3.63) is 58.4 Å². The van der Waals surface area contributed by atoms with Gasteiger partial charge in [0.1, 0.15) is 5.82 Å². The molecule has 0 spiro atoms. The minimum atomic E-state index is -1.11. The molecule has 0 bridgehead atoms. The molecule has 1 aliphatic rings. The summed E-state index contributed by atoms with van der Waals surface area (Å²) >= 11 is 0. The van der Waals surface area contributed by atoms with Gasteiger partial charge in [-0.15, -0.1) is 0 Å². The molecular weight excluding hydrogens is 331 g/mol. The first-order valence-corrected chi connectivity index (χ1v) is 8.15. The molecule has 2 aromatic rings. The molecule has 1 N–H and O–H groups in total. The smallest absolute Gasteiger partial charge is 0.164 e. The monoisotopic (exact) mass is 351 g/mol. The van der Waals surface area contributed by atoms with Crippen molar-refractivity contribution < 1.29 is 22.6 Å². The van der Waals surface area contributed by atoms with E-state index >= 15 is 0 Å². The number of nitrogens with one attached hydrogen (secondary N) is 1. The van der Waals surface area contributed by atoms with Crippen molar-refractivity contribution in [3.8, 4) is 11.5 Å². The second kappa shape index (κ2) is 7.35. The lowest BCUT2D eigenvalue weighted by atomic mass is 9.90. The van der Waals surface area contributed by atoms with Gasteiger partial charge in [-0.25, -0.2) is 13.2 Å². The van der Waals surface area contributed by atoms with E-state index in [9.17, 15) is 13.2 Å². The minimum absolute atomic E-state index is 0.0920. The topological polar surface area (TPSA) is 30.5 Å². The quantitative estimate of drug-likeness (QED) is 0.828. The van der Waals surface area contributed by atoms with Gasteiger partial charge in [-0.1, -0.05) is 0 Å². The number of fused-ring (bicyclic) bond motifs is 1. The lowest BCUT2D eigenvalue weighted by Gasteiger charge is -2.28. The Kier molecular flexibility index (Phi) is 5.18. The third-order valence-corrected chi connectivity index (χ3v) is 4.63. The molecule has 1 heterocycles. The van der Waals surface area contributed by atoms with Crippen LogP contribution in [0.15, 0.2) is 24.3 Å². The Balaban J connectivity index is 1.86. The molecule has 0 saturated carbocycles. The second-order valence-corrected chi connectivity index (χ2v) is 6.02. The van der Waals surface area contributed by atoms with Crippen molar-refractivity contribution in [1.29, 1.82) is 0 Å². The molecular formula is C19H20F3NO2. The molecule has 6 heteroatoms. The molecule has 0 aliphatic carbocycles. The van der Waals surface area contributed by atoms with Crippen LogP contribution in [0.2, 0.25) is 0 Å². The maximum atomic E-state index is 13.9. The Labute approximate surface area is 144 Å². The third kappa shape index (κ3) is 3.44. The molecule has 3 nitrogen and oxygen atoms in total. The molecule has 0 fully saturated rings. The van der Waals surface area contributed by atoms with E-state index in [4.69, 9.17) is 9.47 Å². The maximum absolute atomic E-state index is 13.9. The summed E-state index contributed by atoms with van der Waals surface area (Å²) in [6.45, 7) is 0.751. The van der Waals surface area contributed by atoms with Gasteiger partial charge < -0.3 is 14.8 Å². The summed E-state index contributed by atoms with van der Waals surface area (Å²) in [5, 5.41) is 3.35. The van der Waals surface area contributed by atoms with Gasteiger partial charge in [0.15, 0.2) is 23.1 Å². The standard InChI is InChI=1S/C19H20F3NO2/c1-24-17-9-11-7-8-23-16(13(11)10-18(17)25-2)6-3-12-14(20)4-5-15(21)19(12)22/h4-5,9-10,16,23H,3,6-8H2,1-2H3. The zero-order valence-corrected chi connectivity index (χ0v) is 14.2. The van der Waals surface area contributed by atoms with Crippen molar-refractivity contribution in [2.75, 3.05) is 20.8 Å². The van der Waals surface area contributed by atoms with Crippen LogP contribution in [0.4, 0.5) is 13.2 Å². The first kappa shape index (κ1) is 17.6. The highest BCUT2D eigenvalue weighted by Gasteiger charge is 2.24. The molecule has 25 heavy (non-hydrogen) atoms. The number of ether oxygens (including phenoxy) is 2. The molecule has 0 aromatic heterocycles. The number of hydrogen-bond acceptors (Lipinski definition) is 3. The Bertz CT molecular complexity index is 780. The Hall–Kier alpha value is -2.21. The van der Waals surface area contributed by atoms with Crippen LogP contribution in [0.5, 0.6) is 11.5 Å². The molecule has 3 rings (SSSR count). The maximum Gasteiger partial charge on any atom is 0.164 e. The average Bonchev–Trinajstić information content (AvgIpc) is 2.63. The zero-order chi connectivity index (χ0) is 18.0. The SMILES string of the molecule is COc1cc2c(cc1OC)C(CCc1c(F)ccc(F)c1F)NCC2. The minimum Gasteiger partial charge on any atom is -0.493 e. The van der Waals surface area contributed by atoms with Gasteiger partial charge in [-0.05, 0) is 61.2 Å². The fourth-order valence-corrected chi connectivity index (χ4v) is 3.31. The van der Waals surface area contributed by atoms with Crippen LogP contribution >= 0.6 is 0 Å². The molecule has 1 unspecified atom stereocenters. The first-order chi connectivity index (χ1) is 12.0. The molecule has 134 valence electrons. The number of methoxy groups -OCH3 is 2. The highest BCUT2D eigenvalue weighted by molar-refractivity contribution is 5.49. The summed E-state index contributed by atoms with van der Waals surface area (Å²) < 4.78 is 51.7. The van der Waals surface area contributed by atoms with E-state index in [0.29, 0.717) is 17.9 Å². The van der Waals surface area contributed by atoms with E-state index in [-0.39, 0.29) is 18.0 Å². The Morgan fingerprint density at radius 3 is 2.44 bits per heavy atom. The summed E-state index contributed by atoms with van der Waals surface area (Å²) in [6.07, 6.45) is 1.37. The van der Waals surface area contributed by atoms with E-state index in [1.54, 1.807) is 14.2 Å². The van der Waals surface area contributed by atoms with Crippen molar-refractivity contribution in [2.24, 2.45) is 0 Å². The van der Waals surface area contributed by atoms with E-state index < -0.39 is 17.5 Å². The first-order valence-electron chi connectivity index (χ1n) is 8.15. The highest BCUT2D eigenvalue weighted by Crippen LogP contribution is 2.36. The van der Waals surface area contributed by atoms with E-state index in [1.165, 1.54) is 0 Å². The fourth-order valence-electron chi connectivity index (χ4n) is 3.31. The van der Waals surface area contributed by atoms with Crippen LogP contribution in [0.1, 0.15) is 29.2 Å². The van der Waals surface area contributed by atoms with Gasteiger partial charge in [0.25, 0.3) is 0 Å². The van der Waals surface area contributed by atoms with Gasteiger partial charge in [0.2, 0.25) is 0 Å². The third-order valence-electron chi connectivity index (χ3n) is 4.63. The van der Waals surface area contributed by atoms with Crippen LogP contribution in [0, 0.1) is 17.5 Å². The van der Waals surface area contributed by atoms with Gasteiger partial charge in [-0.3, -0.25) is 0 Å². The summed E-state index contributed by atoms with van der Waals surface area (Å²) in [5.74, 6) is -1.59. The molecule has 0 radical (unpaired) electrons. The van der Waals surface area contributed by atoms with Crippen LogP contribution in [0.25, 0.3) is 0 Å². The van der Waals surface area contributed by atoms with Crippen LogP contribution < -0.4 is 14.8 Å². The average molecular weight is 351 g/mol. The molecule has 1 atom stereocenters.